The van der Waals surface area contributed by atoms with Crippen LogP contribution < -0.4 is 0 Å². The molecule has 120 valence electrons. The van der Waals surface area contributed by atoms with Gasteiger partial charge in [-0.05, 0) is 56.9 Å². The standard InChI is InChI=1S/C16H18ClN5S/c1-11-8-12(2)22-15(18-11)19-21(16(22)23)10-20(3)9-13-4-6-14(17)7-5-13/h4-8H,9-10H2,1-3H3. The molecule has 7 heteroatoms. The van der Waals surface area contributed by atoms with Crippen molar-refractivity contribution in [3.8, 4) is 0 Å². The number of rotatable bonds is 4. The van der Waals surface area contributed by atoms with Gasteiger partial charge in [0.2, 0.25) is 4.77 Å². The Bertz CT molecular complexity index is 897. The molecule has 0 bridgehead atoms. The third-order valence-corrected chi connectivity index (χ3v) is 4.26. The van der Waals surface area contributed by atoms with Crippen LogP contribution in [0.25, 0.3) is 5.78 Å². The molecule has 0 aliphatic rings. The predicted octanol–water partition coefficient (Wildman–Crippen LogP) is 3.62. The summed E-state index contributed by atoms with van der Waals surface area (Å²) < 4.78 is 4.37. The maximum atomic E-state index is 5.92. The van der Waals surface area contributed by atoms with E-state index in [1.165, 1.54) is 5.56 Å². The van der Waals surface area contributed by atoms with Gasteiger partial charge in [-0.1, -0.05) is 23.7 Å². The zero-order valence-electron chi connectivity index (χ0n) is 13.3. The molecule has 0 amide bonds. The van der Waals surface area contributed by atoms with Crippen LogP contribution in [0.15, 0.2) is 30.3 Å². The SMILES string of the molecule is Cc1cc(C)n2c(=S)n(CN(C)Cc3ccc(Cl)cc3)nc2n1. The van der Waals surface area contributed by atoms with Crippen LogP contribution in [0.4, 0.5) is 0 Å². The first-order valence-electron chi connectivity index (χ1n) is 7.31. The quantitative estimate of drug-likeness (QED) is 0.676. The molecule has 1 aromatic carbocycles. The Labute approximate surface area is 145 Å². The van der Waals surface area contributed by atoms with Crippen molar-refractivity contribution in [1.29, 1.82) is 0 Å². The van der Waals surface area contributed by atoms with Crippen LogP contribution in [0.5, 0.6) is 0 Å². The molecule has 23 heavy (non-hydrogen) atoms. The maximum Gasteiger partial charge on any atom is 0.254 e. The second kappa shape index (κ2) is 6.39. The fourth-order valence-corrected chi connectivity index (χ4v) is 3.06. The van der Waals surface area contributed by atoms with Gasteiger partial charge in [0.25, 0.3) is 5.78 Å². The lowest BCUT2D eigenvalue weighted by Crippen LogP contribution is -2.22. The van der Waals surface area contributed by atoms with Crippen molar-refractivity contribution in [1.82, 2.24) is 24.1 Å². The second-order valence-corrected chi connectivity index (χ2v) is 6.54. The summed E-state index contributed by atoms with van der Waals surface area (Å²) in [6.07, 6.45) is 0. The van der Waals surface area contributed by atoms with E-state index >= 15 is 0 Å². The Balaban J connectivity index is 1.83. The summed E-state index contributed by atoms with van der Waals surface area (Å²) in [5.74, 6) is 0.646. The third-order valence-electron chi connectivity index (χ3n) is 3.61. The highest BCUT2D eigenvalue weighted by molar-refractivity contribution is 7.71. The van der Waals surface area contributed by atoms with Gasteiger partial charge in [-0.15, -0.1) is 5.10 Å². The van der Waals surface area contributed by atoms with Crippen LogP contribution in [0.1, 0.15) is 17.0 Å². The lowest BCUT2D eigenvalue weighted by Gasteiger charge is -2.16. The number of hydrogen-bond acceptors (Lipinski definition) is 4. The van der Waals surface area contributed by atoms with Crippen LogP contribution in [-0.4, -0.2) is 31.1 Å². The van der Waals surface area contributed by atoms with E-state index in [1.807, 2.05) is 55.6 Å². The summed E-state index contributed by atoms with van der Waals surface area (Å²) in [5.41, 5.74) is 3.18. The van der Waals surface area contributed by atoms with E-state index in [9.17, 15) is 0 Å². The molecule has 0 saturated carbocycles. The molecule has 0 fully saturated rings. The van der Waals surface area contributed by atoms with Crippen molar-refractivity contribution in [2.24, 2.45) is 0 Å². The van der Waals surface area contributed by atoms with Crippen LogP contribution in [0.2, 0.25) is 5.02 Å². The molecule has 0 saturated heterocycles. The second-order valence-electron chi connectivity index (χ2n) is 5.74. The predicted molar refractivity (Wildman–Crippen MR) is 94.2 cm³/mol. The van der Waals surface area contributed by atoms with Gasteiger partial charge in [0.05, 0.1) is 6.67 Å². The number of halogens is 1. The van der Waals surface area contributed by atoms with E-state index in [4.69, 9.17) is 23.8 Å². The number of fused-ring (bicyclic) bond motifs is 1. The molecule has 2 heterocycles. The molecule has 0 atom stereocenters. The number of aryl methyl sites for hydroxylation is 2. The first kappa shape index (κ1) is 16.1. The number of hydrogen-bond donors (Lipinski definition) is 0. The summed E-state index contributed by atoms with van der Waals surface area (Å²) in [5, 5.41) is 5.28. The average molecular weight is 348 g/mol. The van der Waals surface area contributed by atoms with Gasteiger partial charge in [0.15, 0.2) is 0 Å². The van der Waals surface area contributed by atoms with Gasteiger partial charge < -0.3 is 0 Å². The van der Waals surface area contributed by atoms with E-state index in [0.717, 1.165) is 23.0 Å². The number of aromatic nitrogens is 4. The number of benzene rings is 1. The van der Waals surface area contributed by atoms with Crippen molar-refractivity contribution in [3.05, 3.63) is 57.1 Å². The molecule has 0 spiro atoms. The monoisotopic (exact) mass is 347 g/mol. The zero-order valence-corrected chi connectivity index (χ0v) is 14.9. The Hall–Kier alpha value is -1.76. The molecule has 0 N–H and O–H groups in total. The van der Waals surface area contributed by atoms with Crippen LogP contribution in [0.3, 0.4) is 0 Å². The highest BCUT2D eigenvalue weighted by Gasteiger charge is 2.10. The molecule has 0 unspecified atom stereocenters. The summed E-state index contributed by atoms with van der Waals surface area (Å²) >= 11 is 11.5. The summed E-state index contributed by atoms with van der Waals surface area (Å²) in [7, 11) is 2.03. The van der Waals surface area contributed by atoms with Gasteiger partial charge >= 0.3 is 0 Å². The Morgan fingerprint density at radius 1 is 1.22 bits per heavy atom. The first-order chi connectivity index (χ1) is 10.9. The molecule has 3 aromatic rings. The Morgan fingerprint density at radius 2 is 1.91 bits per heavy atom. The molecule has 3 rings (SSSR count). The van der Waals surface area contributed by atoms with Gasteiger partial charge in [0, 0.05) is 23.0 Å². The minimum atomic E-state index is 0.601. The minimum Gasteiger partial charge on any atom is -0.283 e. The van der Waals surface area contributed by atoms with Crippen molar-refractivity contribution in [3.63, 3.8) is 0 Å². The summed E-state index contributed by atoms with van der Waals surface area (Å²) in [4.78, 5) is 6.60. The molecule has 0 radical (unpaired) electrons. The molecule has 0 aliphatic heterocycles. The molecular weight excluding hydrogens is 330 g/mol. The van der Waals surface area contributed by atoms with Crippen LogP contribution in [-0.2, 0) is 13.2 Å². The topological polar surface area (TPSA) is 38.4 Å². The van der Waals surface area contributed by atoms with Crippen molar-refractivity contribution < 1.29 is 0 Å². The van der Waals surface area contributed by atoms with Gasteiger partial charge in [-0.3, -0.25) is 9.30 Å². The van der Waals surface area contributed by atoms with Gasteiger partial charge in [0.1, 0.15) is 0 Å². The third kappa shape index (κ3) is 3.44. The maximum absolute atomic E-state index is 5.92. The first-order valence-corrected chi connectivity index (χ1v) is 8.09. The number of nitrogens with zero attached hydrogens (tertiary/aromatic N) is 5. The minimum absolute atomic E-state index is 0.601. The largest absolute Gasteiger partial charge is 0.283 e. The lowest BCUT2D eigenvalue weighted by molar-refractivity contribution is 0.244. The molecule has 0 aliphatic carbocycles. The molecule has 5 nitrogen and oxygen atoms in total. The van der Waals surface area contributed by atoms with Crippen molar-refractivity contribution in [2.75, 3.05) is 7.05 Å². The van der Waals surface area contributed by atoms with E-state index in [-0.39, 0.29) is 0 Å². The zero-order chi connectivity index (χ0) is 16.6. The Morgan fingerprint density at radius 3 is 2.61 bits per heavy atom. The fourth-order valence-electron chi connectivity index (χ4n) is 2.61. The van der Waals surface area contributed by atoms with Crippen LogP contribution in [0, 0.1) is 18.6 Å². The highest BCUT2D eigenvalue weighted by Crippen LogP contribution is 2.12. The van der Waals surface area contributed by atoms with Gasteiger partial charge in [-0.25, -0.2) is 9.67 Å². The smallest absolute Gasteiger partial charge is 0.254 e. The summed E-state index contributed by atoms with van der Waals surface area (Å²) in [6, 6.07) is 9.86. The van der Waals surface area contributed by atoms with Crippen molar-refractivity contribution >= 4 is 29.6 Å². The normalized spacial score (nSPS) is 11.5. The fraction of sp³-hybridized carbons (Fsp3) is 0.312. The van der Waals surface area contributed by atoms with Gasteiger partial charge in [-0.2, -0.15) is 0 Å². The molecular formula is C16H18ClN5S. The highest BCUT2D eigenvalue weighted by atomic mass is 35.5. The van der Waals surface area contributed by atoms with E-state index < -0.39 is 0 Å². The van der Waals surface area contributed by atoms with E-state index in [0.29, 0.717) is 17.2 Å². The lowest BCUT2D eigenvalue weighted by atomic mass is 10.2. The Kier molecular flexibility index (Phi) is 4.48. The van der Waals surface area contributed by atoms with Crippen molar-refractivity contribution in [2.45, 2.75) is 27.1 Å². The average Bonchev–Trinajstić information content (AvgIpc) is 2.77. The van der Waals surface area contributed by atoms with Crippen LogP contribution >= 0.6 is 23.8 Å². The van der Waals surface area contributed by atoms with E-state index in [1.54, 1.807) is 4.68 Å². The molecule has 2 aromatic heterocycles. The van der Waals surface area contributed by atoms with E-state index in [2.05, 4.69) is 15.0 Å². The summed E-state index contributed by atoms with van der Waals surface area (Å²) in [6.45, 7) is 5.37.